The molecular formula is C25H22ClN3O4S. The molecule has 0 fully saturated rings. The molecule has 3 unspecified atom stereocenters. The number of fused-ring (bicyclic) bond motifs is 3. The minimum Gasteiger partial charge on any atom is -0.378 e. The Hall–Kier alpha value is -3.20. The van der Waals surface area contributed by atoms with Gasteiger partial charge in [0.2, 0.25) is 10.0 Å². The van der Waals surface area contributed by atoms with E-state index in [0.29, 0.717) is 10.6 Å². The molecule has 0 aromatic heterocycles. The molecule has 1 heterocycles. The summed E-state index contributed by atoms with van der Waals surface area (Å²) < 4.78 is 28.6. The molecule has 1 aliphatic heterocycles. The molecular weight excluding hydrogens is 474 g/mol. The van der Waals surface area contributed by atoms with Crippen molar-refractivity contribution in [2.45, 2.75) is 29.8 Å². The molecule has 0 saturated carbocycles. The minimum absolute atomic E-state index is 0.0135. The lowest BCUT2D eigenvalue weighted by molar-refractivity contribution is -0.384. The standard InChI is InChI=1S/C25H22ClN3O4S/c26-23-11-9-17(29(30)31)13-22(23)25-20-8-4-7-19(20)21-14-18(10-12-24(21)28-25)34(32,33)27-15-16-5-2-1-3-6-16/h1-7,9-14,19-20,25,27-28H,8,15H2. The normalized spacial score (nSPS) is 20.9. The Morgan fingerprint density at radius 3 is 2.62 bits per heavy atom. The third-order valence-electron chi connectivity index (χ3n) is 6.48. The average Bonchev–Trinajstić information content (AvgIpc) is 3.33. The first-order valence-electron chi connectivity index (χ1n) is 10.9. The number of anilines is 1. The third-order valence-corrected chi connectivity index (χ3v) is 8.22. The molecule has 7 nitrogen and oxygen atoms in total. The molecule has 5 rings (SSSR count). The summed E-state index contributed by atoms with van der Waals surface area (Å²) in [6, 6.07) is 18.6. The van der Waals surface area contributed by atoms with Crippen LogP contribution in [-0.2, 0) is 16.6 Å². The van der Waals surface area contributed by atoms with Crippen LogP contribution in [-0.4, -0.2) is 13.3 Å². The zero-order valence-corrected chi connectivity index (χ0v) is 19.6. The van der Waals surface area contributed by atoms with E-state index < -0.39 is 14.9 Å². The molecule has 174 valence electrons. The van der Waals surface area contributed by atoms with Crippen molar-refractivity contribution in [3.05, 3.63) is 111 Å². The van der Waals surface area contributed by atoms with Gasteiger partial charge in [0.1, 0.15) is 0 Å². The Bertz CT molecular complexity index is 1390. The van der Waals surface area contributed by atoms with Gasteiger partial charge in [-0.2, -0.15) is 0 Å². The number of nitrogens with zero attached hydrogens (tertiary/aromatic N) is 1. The number of halogens is 1. The van der Waals surface area contributed by atoms with Crippen LogP contribution in [0.2, 0.25) is 5.02 Å². The SMILES string of the molecule is O=[N+]([O-])c1ccc(Cl)c(C2Nc3ccc(S(=O)(=O)NCc4ccccc4)cc3C3C=CCC32)c1. The molecule has 2 N–H and O–H groups in total. The first kappa shape index (κ1) is 22.6. The van der Waals surface area contributed by atoms with Crippen molar-refractivity contribution in [2.24, 2.45) is 5.92 Å². The predicted molar refractivity (Wildman–Crippen MR) is 131 cm³/mol. The molecule has 3 atom stereocenters. The second-order valence-electron chi connectivity index (χ2n) is 8.50. The van der Waals surface area contributed by atoms with E-state index in [-0.39, 0.29) is 35.0 Å². The van der Waals surface area contributed by atoms with Gasteiger partial charge < -0.3 is 5.32 Å². The number of sulfonamides is 1. The van der Waals surface area contributed by atoms with Crippen LogP contribution in [0.1, 0.15) is 35.1 Å². The lowest BCUT2D eigenvalue weighted by Gasteiger charge is -2.38. The number of nitro groups is 1. The van der Waals surface area contributed by atoms with Crippen molar-refractivity contribution in [3.8, 4) is 0 Å². The number of hydrogen-bond donors (Lipinski definition) is 2. The summed E-state index contributed by atoms with van der Waals surface area (Å²) in [5.74, 6) is 0.0306. The number of allylic oxidation sites excluding steroid dienone is 2. The van der Waals surface area contributed by atoms with Gasteiger partial charge in [-0.1, -0.05) is 54.1 Å². The van der Waals surface area contributed by atoms with E-state index in [9.17, 15) is 18.5 Å². The van der Waals surface area contributed by atoms with Gasteiger partial charge in [-0.05, 0) is 47.7 Å². The molecule has 2 aliphatic rings. The summed E-state index contributed by atoms with van der Waals surface area (Å²) in [6.07, 6.45) is 4.90. The third kappa shape index (κ3) is 4.20. The smallest absolute Gasteiger partial charge is 0.269 e. The van der Waals surface area contributed by atoms with Crippen molar-refractivity contribution in [1.29, 1.82) is 0 Å². The van der Waals surface area contributed by atoms with Gasteiger partial charge in [-0.3, -0.25) is 10.1 Å². The number of nitrogens with one attached hydrogen (secondary N) is 2. The van der Waals surface area contributed by atoms with E-state index in [4.69, 9.17) is 11.6 Å². The zero-order valence-electron chi connectivity index (χ0n) is 18.0. The second kappa shape index (κ2) is 8.87. The van der Waals surface area contributed by atoms with E-state index >= 15 is 0 Å². The molecule has 3 aromatic rings. The number of benzene rings is 3. The van der Waals surface area contributed by atoms with E-state index in [1.165, 1.54) is 12.1 Å². The van der Waals surface area contributed by atoms with Gasteiger partial charge in [0.15, 0.2) is 0 Å². The summed E-state index contributed by atoms with van der Waals surface area (Å²) >= 11 is 6.45. The summed E-state index contributed by atoms with van der Waals surface area (Å²) in [5.41, 5.74) is 3.21. The molecule has 0 amide bonds. The maximum Gasteiger partial charge on any atom is 0.269 e. The fourth-order valence-electron chi connectivity index (χ4n) is 4.79. The second-order valence-corrected chi connectivity index (χ2v) is 10.7. The van der Waals surface area contributed by atoms with E-state index in [0.717, 1.165) is 23.2 Å². The minimum atomic E-state index is -3.71. The first-order valence-corrected chi connectivity index (χ1v) is 12.7. The fraction of sp³-hybridized carbons (Fsp3) is 0.200. The van der Waals surface area contributed by atoms with Gasteiger partial charge in [-0.15, -0.1) is 0 Å². The molecule has 9 heteroatoms. The quantitative estimate of drug-likeness (QED) is 0.265. The van der Waals surface area contributed by atoms with Crippen molar-refractivity contribution in [2.75, 3.05) is 5.32 Å². The van der Waals surface area contributed by atoms with Crippen LogP contribution in [0.15, 0.2) is 83.8 Å². The molecule has 0 bridgehead atoms. The highest BCUT2D eigenvalue weighted by atomic mass is 35.5. The highest BCUT2D eigenvalue weighted by Gasteiger charge is 2.39. The monoisotopic (exact) mass is 495 g/mol. The summed E-state index contributed by atoms with van der Waals surface area (Å²) in [4.78, 5) is 11.1. The number of rotatable bonds is 6. The molecule has 34 heavy (non-hydrogen) atoms. The van der Waals surface area contributed by atoms with Gasteiger partial charge in [-0.25, -0.2) is 13.1 Å². The van der Waals surface area contributed by atoms with Gasteiger partial charge >= 0.3 is 0 Å². The van der Waals surface area contributed by atoms with Crippen LogP contribution in [0.4, 0.5) is 11.4 Å². The lowest BCUT2D eigenvalue weighted by Crippen LogP contribution is -2.30. The van der Waals surface area contributed by atoms with Crippen LogP contribution >= 0.6 is 11.6 Å². The molecule has 3 aromatic carbocycles. The molecule has 0 spiro atoms. The van der Waals surface area contributed by atoms with Crippen LogP contribution in [0, 0.1) is 16.0 Å². The van der Waals surface area contributed by atoms with Crippen LogP contribution < -0.4 is 10.0 Å². The van der Waals surface area contributed by atoms with Crippen LogP contribution in [0.3, 0.4) is 0 Å². The van der Waals surface area contributed by atoms with Crippen molar-refractivity contribution < 1.29 is 13.3 Å². The zero-order chi connectivity index (χ0) is 23.9. The number of nitro benzene ring substituents is 1. The lowest BCUT2D eigenvalue weighted by atomic mass is 9.77. The first-order chi connectivity index (χ1) is 16.3. The largest absolute Gasteiger partial charge is 0.378 e. The van der Waals surface area contributed by atoms with Crippen molar-refractivity contribution in [3.63, 3.8) is 0 Å². The van der Waals surface area contributed by atoms with E-state index in [1.807, 2.05) is 30.3 Å². The predicted octanol–water partition coefficient (Wildman–Crippen LogP) is 5.55. The topological polar surface area (TPSA) is 101 Å². The number of non-ortho nitro benzene ring substituents is 1. The Morgan fingerprint density at radius 1 is 1.06 bits per heavy atom. The Morgan fingerprint density at radius 2 is 1.85 bits per heavy atom. The Balaban J connectivity index is 1.46. The summed E-state index contributed by atoms with van der Waals surface area (Å²) in [6.45, 7) is 0.206. The van der Waals surface area contributed by atoms with Crippen LogP contribution in [0.5, 0.6) is 0 Å². The molecule has 0 saturated heterocycles. The maximum atomic E-state index is 13.0. The number of hydrogen-bond acceptors (Lipinski definition) is 5. The van der Waals surface area contributed by atoms with Gasteiger partial charge in [0, 0.05) is 40.9 Å². The Labute approximate surface area is 202 Å². The van der Waals surface area contributed by atoms with Crippen molar-refractivity contribution in [1.82, 2.24) is 4.72 Å². The van der Waals surface area contributed by atoms with Gasteiger partial charge in [0.05, 0.1) is 15.9 Å². The fourth-order valence-corrected chi connectivity index (χ4v) is 6.08. The average molecular weight is 496 g/mol. The van der Waals surface area contributed by atoms with E-state index in [2.05, 4.69) is 22.2 Å². The van der Waals surface area contributed by atoms with Crippen LogP contribution in [0.25, 0.3) is 0 Å². The highest BCUT2D eigenvalue weighted by molar-refractivity contribution is 7.89. The van der Waals surface area contributed by atoms with Crippen molar-refractivity contribution >= 4 is 33.0 Å². The highest BCUT2D eigenvalue weighted by Crippen LogP contribution is 2.51. The Kier molecular flexibility index (Phi) is 5.89. The van der Waals surface area contributed by atoms with E-state index in [1.54, 1.807) is 24.3 Å². The summed E-state index contributed by atoms with van der Waals surface area (Å²) in [5, 5.41) is 15.2. The summed E-state index contributed by atoms with van der Waals surface area (Å²) in [7, 11) is -3.71. The van der Waals surface area contributed by atoms with Gasteiger partial charge in [0.25, 0.3) is 5.69 Å². The molecule has 1 aliphatic carbocycles. The maximum absolute atomic E-state index is 13.0. The molecule has 0 radical (unpaired) electrons.